The smallest absolute Gasteiger partial charge is 0.422 e. The highest BCUT2D eigenvalue weighted by atomic mass is 19.4. The van der Waals surface area contributed by atoms with Crippen molar-refractivity contribution in [3.05, 3.63) is 23.9 Å². The molecule has 0 spiro atoms. The summed E-state index contributed by atoms with van der Waals surface area (Å²) in [4.78, 5) is 15.3. The van der Waals surface area contributed by atoms with Crippen molar-refractivity contribution in [1.29, 1.82) is 0 Å². The molecule has 0 radical (unpaired) electrons. The molecule has 1 atom stereocenters. The van der Waals surface area contributed by atoms with Gasteiger partial charge in [0.2, 0.25) is 5.88 Å². The van der Waals surface area contributed by atoms with E-state index in [-0.39, 0.29) is 24.4 Å². The molecule has 0 aliphatic carbocycles. The molecule has 0 unspecified atom stereocenters. The van der Waals surface area contributed by atoms with Gasteiger partial charge in [0.15, 0.2) is 6.61 Å². The molecule has 3 N–H and O–H groups in total. The van der Waals surface area contributed by atoms with E-state index in [1.807, 2.05) is 20.8 Å². The molecule has 1 rings (SSSR count). The van der Waals surface area contributed by atoms with Gasteiger partial charge in [-0.3, -0.25) is 0 Å². The van der Waals surface area contributed by atoms with Crippen molar-refractivity contribution in [2.45, 2.75) is 39.6 Å². The highest BCUT2D eigenvalue weighted by Gasteiger charge is 2.28. The van der Waals surface area contributed by atoms with Gasteiger partial charge < -0.3 is 20.5 Å². The van der Waals surface area contributed by atoms with Crippen LogP contribution < -0.4 is 15.4 Å². The van der Waals surface area contributed by atoms with E-state index in [0.717, 1.165) is 0 Å². The van der Waals surface area contributed by atoms with E-state index in [0.29, 0.717) is 5.56 Å². The number of hydrogen-bond acceptors (Lipinski definition) is 4. The predicted molar refractivity (Wildman–Crippen MR) is 81.5 cm³/mol. The molecule has 24 heavy (non-hydrogen) atoms. The van der Waals surface area contributed by atoms with Crippen molar-refractivity contribution in [1.82, 2.24) is 15.6 Å². The highest BCUT2D eigenvalue weighted by Crippen LogP contribution is 2.18. The van der Waals surface area contributed by atoms with E-state index in [4.69, 9.17) is 0 Å². The van der Waals surface area contributed by atoms with Crippen LogP contribution in [0.15, 0.2) is 18.3 Å². The number of aliphatic hydroxyl groups is 1. The van der Waals surface area contributed by atoms with E-state index in [2.05, 4.69) is 20.4 Å². The zero-order chi connectivity index (χ0) is 18.4. The fraction of sp³-hybridized carbons (Fsp3) is 0.600. The van der Waals surface area contributed by atoms with Crippen LogP contribution in [0.25, 0.3) is 0 Å². The van der Waals surface area contributed by atoms with Crippen molar-refractivity contribution in [3.8, 4) is 5.88 Å². The second-order valence-electron chi connectivity index (χ2n) is 6.35. The van der Waals surface area contributed by atoms with Gasteiger partial charge in [0, 0.05) is 25.4 Å². The number of nitrogens with zero attached hydrogens (tertiary/aromatic N) is 1. The number of urea groups is 1. The molecule has 0 bridgehead atoms. The fourth-order valence-electron chi connectivity index (χ4n) is 1.54. The van der Waals surface area contributed by atoms with Gasteiger partial charge in [0.05, 0.1) is 6.10 Å². The Hall–Kier alpha value is -2.03. The third kappa shape index (κ3) is 8.00. The minimum Gasteiger partial charge on any atom is -0.468 e. The van der Waals surface area contributed by atoms with Crippen LogP contribution in [-0.4, -0.2) is 41.6 Å². The molecule has 0 saturated heterocycles. The number of alkyl halides is 3. The largest absolute Gasteiger partial charge is 0.468 e. The first kappa shape index (κ1) is 20.0. The zero-order valence-electron chi connectivity index (χ0n) is 13.8. The number of carbonyl (C=O) groups is 1. The summed E-state index contributed by atoms with van der Waals surface area (Å²) in [6, 6.07) is 2.37. The molecule has 0 aliphatic rings. The molecule has 2 amide bonds. The van der Waals surface area contributed by atoms with E-state index in [9.17, 15) is 23.1 Å². The number of aliphatic hydroxyl groups excluding tert-OH is 1. The number of halogens is 3. The predicted octanol–water partition coefficient (Wildman–Crippen LogP) is 2.23. The van der Waals surface area contributed by atoms with Crippen molar-refractivity contribution in [2.75, 3.05) is 13.2 Å². The second-order valence-corrected chi connectivity index (χ2v) is 6.35. The summed E-state index contributed by atoms with van der Waals surface area (Å²) in [5.74, 6) is -0.171. The number of hydrogen-bond donors (Lipinski definition) is 3. The summed E-state index contributed by atoms with van der Waals surface area (Å²) in [5.41, 5.74) is 0.178. The Balaban J connectivity index is 2.43. The van der Waals surface area contributed by atoms with Crippen molar-refractivity contribution in [3.63, 3.8) is 0 Å². The summed E-state index contributed by atoms with van der Waals surface area (Å²) < 4.78 is 40.8. The van der Waals surface area contributed by atoms with Crippen LogP contribution >= 0.6 is 0 Å². The summed E-state index contributed by atoms with van der Waals surface area (Å²) in [6.07, 6.45) is -3.85. The van der Waals surface area contributed by atoms with Crippen molar-refractivity contribution >= 4 is 6.03 Å². The number of nitrogens with one attached hydrogen (secondary N) is 2. The third-order valence-electron chi connectivity index (χ3n) is 3.09. The quantitative estimate of drug-likeness (QED) is 0.735. The normalized spacial score (nSPS) is 13.3. The number of rotatable bonds is 6. The molecule has 1 heterocycles. The average Bonchev–Trinajstić information content (AvgIpc) is 2.47. The van der Waals surface area contributed by atoms with E-state index >= 15 is 0 Å². The SMILES string of the molecule is CC(C)(C)[C@H](O)CNC(=O)NCc1ccnc(OCC(F)(F)F)c1. The zero-order valence-corrected chi connectivity index (χ0v) is 13.8. The van der Waals surface area contributed by atoms with E-state index in [1.54, 1.807) is 6.07 Å². The van der Waals surface area contributed by atoms with Crippen LogP contribution in [0.5, 0.6) is 5.88 Å². The van der Waals surface area contributed by atoms with Crippen molar-refractivity contribution in [2.24, 2.45) is 5.41 Å². The van der Waals surface area contributed by atoms with Gasteiger partial charge in [-0.25, -0.2) is 9.78 Å². The Morgan fingerprint density at radius 2 is 2.00 bits per heavy atom. The Kier molecular flexibility index (Phi) is 6.82. The lowest BCUT2D eigenvalue weighted by atomic mass is 9.89. The lowest BCUT2D eigenvalue weighted by Gasteiger charge is -2.25. The number of aromatic nitrogens is 1. The lowest BCUT2D eigenvalue weighted by molar-refractivity contribution is -0.154. The van der Waals surface area contributed by atoms with Gasteiger partial charge in [-0.2, -0.15) is 13.2 Å². The summed E-state index contributed by atoms with van der Waals surface area (Å²) in [6.45, 7) is 4.28. The summed E-state index contributed by atoms with van der Waals surface area (Å²) in [5, 5.41) is 14.9. The van der Waals surface area contributed by atoms with Crippen LogP contribution in [-0.2, 0) is 6.54 Å². The summed E-state index contributed by atoms with van der Waals surface area (Å²) in [7, 11) is 0. The second kappa shape index (κ2) is 8.18. The van der Waals surface area contributed by atoms with Crippen molar-refractivity contribution < 1.29 is 27.8 Å². The molecule has 1 aromatic rings. The first-order valence-electron chi connectivity index (χ1n) is 7.31. The molecule has 6 nitrogen and oxygen atoms in total. The van der Waals surface area contributed by atoms with Gasteiger partial charge in [0.1, 0.15) is 0 Å². The molecule has 0 saturated carbocycles. The average molecular weight is 349 g/mol. The molecule has 0 aromatic carbocycles. The lowest BCUT2D eigenvalue weighted by Crippen LogP contribution is -2.43. The maximum absolute atomic E-state index is 12.1. The molecule has 1 aromatic heterocycles. The molecule has 0 fully saturated rings. The van der Waals surface area contributed by atoms with Gasteiger partial charge in [-0.1, -0.05) is 20.8 Å². The van der Waals surface area contributed by atoms with E-state index < -0.39 is 24.9 Å². The van der Waals surface area contributed by atoms with Gasteiger partial charge in [-0.05, 0) is 17.0 Å². The van der Waals surface area contributed by atoms with Gasteiger partial charge in [-0.15, -0.1) is 0 Å². The standard InChI is InChI=1S/C15H22F3N3O3/c1-14(2,3)11(22)8-21-13(23)20-7-10-4-5-19-12(6-10)24-9-15(16,17)18/h4-6,11,22H,7-9H2,1-3H3,(H2,20,21,23)/t11-/m1/s1. The van der Waals surface area contributed by atoms with Gasteiger partial charge in [0.25, 0.3) is 0 Å². The maximum Gasteiger partial charge on any atom is 0.422 e. The molecular weight excluding hydrogens is 327 g/mol. The fourth-order valence-corrected chi connectivity index (χ4v) is 1.54. The molecule has 136 valence electrons. The molecular formula is C15H22F3N3O3. The van der Waals surface area contributed by atoms with Gasteiger partial charge >= 0.3 is 12.2 Å². The number of ether oxygens (including phenoxy) is 1. The molecule has 0 aliphatic heterocycles. The Morgan fingerprint density at radius 3 is 2.58 bits per heavy atom. The number of amides is 2. The van der Waals surface area contributed by atoms with Crippen LogP contribution in [0.4, 0.5) is 18.0 Å². The maximum atomic E-state index is 12.1. The number of pyridine rings is 1. The van der Waals surface area contributed by atoms with Crippen LogP contribution in [0.2, 0.25) is 0 Å². The van der Waals surface area contributed by atoms with E-state index in [1.165, 1.54) is 12.3 Å². The Bertz CT molecular complexity index is 545. The minimum absolute atomic E-state index is 0.0857. The molecule has 9 heteroatoms. The topological polar surface area (TPSA) is 83.5 Å². The first-order chi connectivity index (χ1) is 11.0. The minimum atomic E-state index is -4.44. The summed E-state index contributed by atoms with van der Waals surface area (Å²) >= 11 is 0. The number of carbonyl (C=O) groups excluding carboxylic acids is 1. The monoisotopic (exact) mass is 349 g/mol. The van der Waals surface area contributed by atoms with Crippen LogP contribution in [0.1, 0.15) is 26.3 Å². The first-order valence-corrected chi connectivity index (χ1v) is 7.31. The Labute approximate surface area is 138 Å². The van der Waals surface area contributed by atoms with Crippen LogP contribution in [0, 0.1) is 5.41 Å². The third-order valence-corrected chi connectivity index (χ3v) is 3.09. The highest BCUT2D eigenvalue weighted by molar-refractivity contribution is 5.73. The van der Waals surface area contributed by atoms with Crippen LogP contribution in [0.3, 0.4) is 0 Å². The Morgan fingerprint density at radius 1 is 1.33 bits per heavy atom.